The van der Waals surface area contributed by atoms with E-state index in [2.05, 4.69) is 9.50 Å². The van der Waals surface area contributed by atoms with Gasteiger partial charge in [-0.1, -0.05) is 0 Å². The molecule has 0 aromatic heterocycles. The normalized spacial score (nSPS) is 29.0. The maximum atomic E-state index is 11.4. The van der Waals surface area contributed by atoms with Crippen LogP contribution in [0.4, 0.5) is 0 Å². The number of hydrogen-bond acceptors (Lipinski definition) is 9. The van der Waals surface area contributed by atoms with E-state index in [0.29, 0.717) is 0 Å². The van der Waals surface area contributed by atoms with Gasteiger partial charge in [0.25, 0.3) is 10.1 Å². The molecule has 130 valence electrons. The van der Waals surface area contributed by atoms with Gasteiger partial charge in [-0.3, -0.25) is 8.98 Å². The average molecular weight is 1220 g/mol. The second kappa shape index (κ2) is 17.6. The zero-order valence-electron chi connectivity index (χ0n) is 12.8. The second-order valence-corrected chi connectivity index (χ2v) is 5.93. The van der Waals surface area contributed by atoms with Gasteiger partial charge < -0.3 is 30.5 Å². The summed E-state index contributed by atoms with van der Waals surface area (Å²) in [5.41, 5.74) is 0. The Morgan fingerprint density at radius 3 is 2.04 bits per heavy atom. The molecule has 10 nitrogen and oxygen atoms in total. The van der Waals surface area contributed by atoms with E-state index in [4.69, 9.17) is 9.84 Å². The van der Waals surface area contributed by atoms with Gasteiger partial charge >= 0.3 is 0 Å². The van der Waals surface area contributed by atoms with E-state index in [1.54, 1.807) is 0 Å². The first-order valence-electron chi connectivity index (χ1n) is 5.60. The molecular weight excluding hydrogens is 1210 g/mol. The summed E-state index contributed by atoms with van der Waals surface area (Å²) in [6.45, 7) is -1.47. The Hall–Kier alpha value is 4.95. The average Bonchev–Trinajstić information content (AvgIpc) is 2.35. The molecule has 1 aliphatic rings. The third-order valence-electron chi connectivity index (χ3n) is 2.63. The third-order valence-corrected chi connectivity index (χ3v) is 3.18. The molecule has 15 heteroatoms. The van der Waals surface area contributed by atoms with Crippen molar-refractivity contribution >= 4 is 16.0 Å². The number of rotatable bonds is 5. The molecule has 4 radical (unpaired) electrons. The number of hydrogen-bond donors (Lipinski definition) is 5. The molecule has 1 fully saturated rings. The smallest absolute Gasteiger partial charge is 0.264 e. The Balaban J connectivity index is -0.000000500. The van der Waals surface area contributed by atoms with Gasteiger partial charge in [-0.25, -0.2) is 0 Å². The number of carbonyl (C=O) groups excluding carboxylic acids is 1. The van der Waals surface area contributed by atoms with E-state index >= 15 is 0 Å². The Bertz CT molecular complexity index is 454. The molecule has 5 N–H and O–H groups in total. The molecule has 1 aliphatic heterocycles. The van der Waals surface area contributed by atoms with Gasteiger partial charge in [-0.05, 0) is 0 Å². The fourth-order valence-corrected chi connectivity index (χ4v) is 1.96. The maximum Gasteiger partial charge on any atom is 0.264 e. The number of nitrogens with one attached hydrogen (secondary N) is 1. The fraction of sp³-hybridized carbons (Fsp3) is 0.889. The van der Waals surface area contributed by atoms with E-state index in [0.717, 1.165) is 6.26 Å². The molecule has 1 rings (SSSR count). The summed E-state index contributed by atoms with van der Waals surface area (Å²) in [6.07, 6.45) is -5.24. The van der Waals surface area contributed by atoms with E-state index in [1.165, 1.54) is 0 Å². The van der Waals surface area contributed by atoms with Crippen molar-refractivity contribution in [3.8, 4) is 0 Å². The molecule has 1 amide bonds. The summed E-state index contributed by atoms with van der Waals surface area (Å²) in [5, 5.41) is 39.8. The first-order valence-corrected chi connectivity index (χ1v) is 7.41. The molecule has 0 bridgehead atoms. The summed E-state index contributed by atoms with van der Waals surface area (Å²) in [4.78, 5) is 11.4. The van der Waals surface area contributed by atoms with Gasteiger partial charge in [0, 0.05) is 176 Å². The van der Waals surface area contributed by atoms with Crippen molar-refractivity contribution in [3.63, 3.8) is 0 Å². The number of aliphatic hydroxyl groups excluding tert-OH is 4. The van der Waals surface area contributed by atoms with Crippen LogP contribution in [0, 0.1) is 176 Å². The maximum absolute atomic E-state index is 11.4. The fourth-order valence-electron chi connectivity index (χ4n) is 1.64. The second-order valence-electron chi connectivity index (χ2n) is 4.29. The molecule has 24 heavy (non-hydrogen) atoms. The summed E-state index contributed by atoms with van der Waals surface area (Å²) in [5.74, 6) is -0.934. The van der Waals surface area contributed by atoms with Crippen LogP contribution in [0.25, 0.3) is 0 Å². The molecular formula is C9H17Ac4NO9S. The van der Waals surface area contributed by atoms with Crippen LogP contribution in [-0.2, 0) is 23.8 Å². The molecule has 0 aliphatic carbocycles. The van der Waals surface area contributed by atoms with Crippen LogP contribution in [0.5, 0.6) is 0 Å². The van der Waals surface area contributed by atoms with Crippen LogP contribution in [0.3, 0.4) is 0 Å². The zero-order valence-corrected chi connectivity index (χ0v) is 32.6. The van der Waals surface area contributed by atoms with Crippen LogP contribution in [0.2, 0.25) is 0 Å². The van der Waals surface area contributed by atoms with Crippen molar-refractivity contribution in [2.24, 2.45) is 0 Å². The van der Waals surface area contributed by atoms with Gasteiger partial charge in [0.2, 0.25) is 5.91 Å². The number of amides is 1. The van der Waals surface area contributed by atoms with E-state index < -0.39 is 59.9 Å². The van der Waals surface area contributed by atoms with Crippen LogP contribution >= 0.6 is 0 Å². The number of carbonyl (C=O) groups is 1. The topological polar surface area (TPSA) is 163 Å². The minimum absolute atomic E-state index is 0. The summed E-state index contributed by atoms with van der Waals surface area (Å²) >= 11 is 0. The minimum atomic E-state index is -3.81. The standard InChI is InChI=1S/C9H17NO9S.4Ac/c1-20(16,17)18-3-5(12)10-6-8(14)7(13)4(2-11)19-9(6)15;;;;/h4,6-9,11,13-15H,2-3H2,1H3,(H,10,12);;;;/t4?,6?,7-,8?,9?;;;;/m1..../s1. The Morgan fingerprint density at radius 1 is 1.12 bits per heavy atom. The largest absolute Gasteiger partial charge is 0.394 e. The van der Waals surface area contributed by atoms with Crippen molar-refractivity contribution in [1.82, 2.24) is 5.32 Å². The first kappa shape index (κ1) is 36.3. The molecule has 1 heterocycles. The first-order chi connectivity index (χ1) is 9.15. The number of ether oxygens (including phenoxy) is 1. The van der Waals surface area contributed by atoms with Gasteiger partial charge in [0.05, 0.1) is 12.9 Å². The predicted octanol–water partition coefficient (Wildman–Crippen LogP) is -4.12. The molecule has 0 spiro atoms. The van der Waals surface area contributed by atoms with Crippen molar-refractivity contribution in [2.75, 3.05) is 19.5 Å². The molecule has 0 aromatic rings. The Labute approximate surface area is 283 Å². The Morgan fingerprint density at radius 2 is 1.62 bits per heavy atom. The quantitative estimate of drug-likeness (QED) is 0.173. The van der Waals surface area contributed by atoms with Gasteiger partial charge in [-0.2, -0.15) is 8.42 Å². The van der Waals surface area contributed by atoms with E-state index in [-0.39, 0.29) is 176 Å². The molecule has 5 atom stereocenters. The molecule has 4 unspecified atom stereocenters. The van der Waals surface area contributed by atoms with E-state index in [1.807, 2.05) is 0 Å². The van der Waals surface area contributed by atoms with Crippen molar-refractivity contribution in [2.45, 2.75) is 30.6 Å². The molecule has 1 saturated heterocycles. The van der Waals surface area contributed by atoms with Gasteiger partial charge in [0.1, 0.15) is 31.0 Å². The van der Waals surface area contributed by atoms with Crippen LogP contribution in [0.15, 0.2) is 0 Å². The van der Waals surface area contributed by atoms with Crippen molar-refractivity contribution < 1.29 is 219 Å². The monoisotopic (exact) mass is 1220 g/mol. The van der Waals surface area contributed by atoms with Crippen molar-refractivity contribution in [3.05, 3.63) is 0 Å². The minimum Gasteiger partial charge on any atom is -0.394 e. The van der Waals surface area contributed by atoms with Crippen LogP contribution in [0.1, 0.15) is 0 Å². The summed E-state index contributed by atoms with van der Waals surface area (Å²) < 4.78 is 30.4. The SMILES string of the molecule is CS(=O)(=O)OCC(=O)NC1C(O)OC(CO)[C@@H](O)C1O.[Ac].[Ac].[Ac].[Ac]. The third kappa shape index (κ3) is 13.3. The summed E-state index contributed by atoms with van der Waals surface area (Å²) in [6, 6.07) is -1.39. The molecule has 0 aromatic carbocycles. The van der Waals surface area contributed by atoms with Gasteiger partial charge in [0.15, 0.2) is 6.29 Å². The zero-order chi connectivity index (χ0) is 15.5. The predicted molar refractivity (Wildman–Crippen MR) is 62.7 cm³/mol. The Kier molecular flexibility index (Phi) is 26.7. The van der Waals surface area contributed by atoms with Crippen molar-refractivity contribution in [1.29, 1.82) is 0 Å². The molecule has 0 saturated carbocycles. The van der Waals surface area contributed by atoms with E-state index in [9.17, 15) is 28.5 Å². The number of aliphatic hydroxyl groups is 4. The summed E-state index contributed by atoms with van der Waals surface area (Å²) in [7, 11) is -3.81. The van der Waals surface area contributed by atoms with Crippen LogP contribution < -0.4 is 5.32 Å². The van der Waals surface area contributed by atoms with Crippen LogP contribution in [-0.4, -0.2) is 84.9 Å². The van der Waals surface area contributed by atoms with Gasteiger partial charge in [-0.15, -0.1) is 0 Å².